The highest BCUT2D eigenvalue weighted by atomic mass is 32.1. The molecular weight excluding hydrogens is 395 g/mol. The van der Waals surface area contributed by atoms with E-state index < -0.39 is 0 Å². The second-order valence-corrected chi connectivity index (χ2v) is 7.82. The van der Waals surface area contributed by atoms with Crippen molar-refractivity contribution in [3.63, 3.8) is 0 Å². The molecule has 0 fully saturated rings. The second-order valence-electron chi connectivity index (χ2n) is 6.49. The molecule has 144 valence electrons. The van der Waals surface area contributed by atoms with Crippen molar-refractivity contribution in [1.82, 2.24) is 20.4 Å². The van der Waals surface area contributed by atoms with Crippen molar-refractivity contribution >= 4 is 34.2 Å². The summed E-state index contributed by atoms with van der Waals surface area (Å²) in [7, 11) is 0. The first-order valence-electron chi connectivity index (χ1n) is 9.00. The minimum absolute atomic E-state index is 0.303. The van der Waals surface area contributed by atoms with E-state index in [9.17, 15) is 4.39 Å². The fourth-order valence-electron chi connectivity index (χ4n) is 3.33. The highest BCUT2D eigenvalue weighted by Gasteiger charge is 2.33. The summed E-state index contributed by atoms with van der Waals surface area (Å²) in [5.74, 6) is 0.646. The molecule has 5 nitrogen and oxygen atoms in total. The minimum Gasteiger partial charge on any atom is -0.351 e. The van der Waals surface area contributed by atoms with E-state index in [0.29, 0.717) is 16.8 Å². The Bertz CT molecular complexity index is 1030. The van der Waals surface area contributed by atoms with Gasteiger partial charge in [0.25, 0.3) is 5.89 Å². The Morgan fingerprint density at radius 1 is 1.32 bits per heavy atom. The molecule has 1 aliphatic heterocycles. The van der Waals surface area contributed by atoms with E-state index in [4.69, 9.17) is 16.7 Å². The molecule has 2 aromatic heterocycles. The Hall–Kier alpha value is -2.58. The van der Waals surface area contributed by atoms with Gasteiger partial charge in [-0.1, -0.05) is 30.3 Å². The van der Waals surface area contributed by atoms with Crippen LogP contribution in [0.5, 0.6) is 0 Å². The molecule has 4 rings (SSSR count). The van der Waals surface area contributed by atoms with Crippen molar-refractivity contribution in [1.29, 1.82) is 0 Å². The van der Waals surface area contributed by atoms with Crippen LogP contribution in [0.25, 0.3) is 16.3 Å². The van der Waals surface area contributed by atoms with E-state index in [1.807, 2.05) is 35.4 Å². The molecule has 28 heavy (non-hydrogen) atoms. The lowest BCUT2D eigenvalue weighted by Gasteiger charge is -2.37. The van der Waals surface area contributed by atoms with Crippen LogP contribution in [0, 0.1) is 5.82 Å². The number of nitrogens with zero attached hydrogens (tertiary/aromatic N) is 3. The first-order valence-corrected chi connectivity index (χ1v) is 10.3. The van der Waals surface area contributed by atoms with Gasteiger partial charge in [0.15, 0.2) is 5.11 Å². The number of allylic oxidation sites excluding steroid dienone is 1. The van der Waals surface area contributed by atoms with Crippen molar-refractivity contribution < 1.29 is 8.91 Å². The maximum absolute atomic E-state index is 13.9. The average molecular weight is 415 g/mol. The van der Waals surface area contributed by atoms with Crippen molar-refractivity contribution in [3.05, 3.63) is 64.7 Å². The summed E-state index contributed by atoms with van der Waals surface area (Å²) in [4.78, 5) is 7.57. The first kappa shape index (κ1) is 18.8. The molecule has 3 aromatic rings. The van der Waals surface area contributed by atoms with Gasteiger partial charge < -0.3 is 14.7 Å². The Balaban J connectivity index is 1.83. The number of rotatable bonds is 5. The predicted molar refractivity (Wildman–Crippen MR) is 112 cm³/mol. The SMILES string of the molecule is CCCN1C(=S)NC(c2cccc(F)c2)C(c2nc(-c3cccs3)no2)=C1C. The standard InChI is InChI=1S/C20H19FN4OS2/c1-3-9-25-12(2)16(19-23-18(24-26-19)15-8-5-10-28-15)17(22-20(25)27)13-6-4-7-14(21)11-13/h4-8,10-11,17H,3,9H2,1-2H3,(H,22,27). The van der Waals surface area contributed by atoms with Gasteiger partial charge in [-0.3, -0.25) is 0 Å². The Morgan fingerprint density at radius 2 is 2.18 bits per heavy atom. The fourth-order valence-corrected chi connectivity index (χ4v) is 4.32. The lowest BCUT2D eigenvalue weighted by molar-refractivity contribution is 0.396. The lowest BCUT2D eigenvalue weighted by atomic mass is 9.94. The molecule has 0 saturated carbocycles. The molecule has 1 atom stereocenters. The van der Waals surface area contributed by atoms with Gasteiger partial charge in [0.1, 0.15) is 5.82 Å². The van der Waals surface area contributed by atoms with E-state index >= 15 is 0 Å². The number of halogens is 1. The van der Waals surface area contributed by atoms with E-state index in [1.165, 1.54) is 12.1 Å². The van der Waals surface area contributed by atoms with Crippen LogP contribution in [-0.2, 0) is 0 Å². The second kappa shape index (κ2) is 7.81. The normalized spacial score (nSPS) is 17.2. The molecule has 1 N–H and O–H groups in total. The summed E-state index contributed by atoms with van der Waals surface area (Å²) in [6.45, 7) is 4.85. The number of thiocarbonyl (C=S) groups is 1. The third-order valence-corrected chi connectivity index (χ3v) is 5.83. The average Bonchev–Trinajstić information content (AvgIpc) is 3.36. The van der Waals surface area contributed by atoms with Gasteiger partial charge in [-0.25, -0.2) is 4.39 Å². The van der Waals surface area contributed by atoms with Crippen LogP contribution < -0.4 is 5.32 Å². The largest absolute Gasteiger partial charge is 0.351 e. The van der Waals surface area contributed by atoms with Crippen LogP contribution in [0.15, 0.2) is 52.0 Å². The van der Waals surface area contributed by atoms with E-state index in [-0.39, 0.29) is 11.9 Å². The van der Waals surface area contributed by atoms with Crippen LogP contribution in [0.2, 0.25) is 0 Å². The first-order chi connectivity index (χ1) is 13.6. The molecule has 0 bridgehead atoms. The highest BCUT2D eigenvalue weighted by Crippen LogP contribution is 2.37. The van der Waals surface area contributed by atoms with Gasteiger partial charge in [0.05, 0.1) is 16.5 Å². The number of benzene rings is 1. The van der Waals surface area contributed by atoms with E-state index in [2.05, 4.69) is 22.4 Å². The van der Waals surface area contributed by atoms with Crippen molar-refractivity contribution in [2.24, 2.45) is 0 Å². The van der Waals surface area contributed by atoms with Crippen molar-refractivity contribution in [3.8, 4) is 10.7 Å². The summed E-state index contributed by atoms with van der Waals surface area (Å²) in [5, 5.41) is 10.0. The zero-order valence-electron chi connectivity index (χ0n) is 15.5. The van der Waals surface area contributed by atoms with Gasteiger partial charge in [-0.2, -0.15) is 4.98 Å². The van der Waals surface area contributed by atoms with Crippen molar-refractivity contribution in [2.45, 2.75) is 26.3 Å². The van der Waals surface area contributed by atoms with Crippen LogP contribution in [0.3, 0.4) is 0 Å². The summed E-state index contributed by atoms with van der Waals surface area (Å²) in [6.07, 6.45) is 0.932. The highest BCUT2D eigenvalue weighted by molar-refractivity contribution is 7.80. The maximum atomic E-state index is 13.9. The summed E-state index contributed by atoms with van der Waals surface area (Å²) >= 11 is 7.12. The molecule has 0 amide bonds. The maximum Gasteiger partial charge on any atom is 0.258 e. The van der Waals surface area contributed by atoms with Crippen LogP contribution in [0.4, 0.5) is 4.39 Å². The van der Waals surface area contributed by atoms with Crippen LogP contribution >= 0.6 is 23.6 Å². The van der Waals surface area contributed by atoms with E-state index in [0.717, 1.165) is 34.7 Å². The predicted octanol–water partition coefficient (Wildman–Crippen LogP) is 5.01. The number of hydrogen-bond donors (Lipinski definition) is 1. The summed E-state index contributed by atoms with van der Waals surface area (Å²) in [5.41, 5.74) is 2.49. The number of thiophene rings is 1. The molecule has 0 aliphatic carbocycles. The molecule has 8 heteroatoms. The molecule has 1 aromatic carbocycles. The monoisotopic (exact) mass is 414 g/mol. The quantitative estimate of drug-likeness (QED) is 0.593. The molecular formula is C20H19FN4OS2. The topological polar surface area (TPSA) is 54.2 Å². The van der Waals surface area contributed by atoms with Gasteiger partial charge in [-0.15, -0.1) is 11.3 Å². The van der Waals surface area contributed by atoms with Gasteiger partial charge in [0.2, 0.25) is 5.82 Å². The van der Waals surface area contributed by atoms with Gasteiger partial charge >= 0.3 is 0 Å². The third kappa shape index (κ3) is 3.45. The summed E-state index contributed by atoms with van der Waals surface area (Å²) in [6, 6.07) is 10.00. The number of nitrogens with one attached hydrogen (secondary N) is 1. The lowest BCUT2D eigenvalue weighted by Crippen LogP contribution is -2.46. The Kier molecular flexibility index (Phi) is 5.23. The zero-order valence-corrected chi connectivity index (χ0v) is 17.1. The van der Waals surface area contributed by atoms with Crippen LogP contribution in [0.1, 0.15) is 37.8 Å². The van der Waals surface area contributed by atoms with Crippen molar-refractivity contribution in [2.75, 3.05) is 6.54 Å². The fraction of sp³-hybridized carbons (Fsp3) is 0.250. The van der Waals surface area contributed by atoms with Gasteiger partial charge in [0, 0.05) is 12.2 Å². The Morgan fingerprint density at radius 3 is 2.89 bits per heavy atom. The minimum atomic E-state index is -0.368. The van der Waals surface area contributed by atoms with Gasteiger partial charge in [-0.05, 0) is 54.7 Å². The van der Waals surface area contributed by atoms with E-state index in [1.54, 1.807) is 17.4 Å². The zero-order chi connectivity index (χ0) is 19.7. The van der Waals surface area contributed by atoms with Crippen LogP contribution in [-0.4, -0.2) is 26.7 Å². The summed E-state index contributed by atoms with van der Waals surface area (Å²) < 4.78 is 19.5. The molecule has 1 aliphatic rings. The Labute approximate surface area is 171 Å². The molecule has 0 radical (unpaired) electrons. The molecule has 1 unspecified atom stereocenters. The molecule has 0 spiro atoms. The molecule has 3 heterocycles. The molecule has 0 saturated heterocycles. The smallest absolute Gasteiger partial charge is 0.258 e. The number of hydrogen-bond acceptors (Lipinski definition) is 5. The third-order valence-electron chi connectivity index (χ3n) is 4.62. The number of aromatic nitrogens is 2.